The lowest BCUT2D eigenvalue weighted by Gasteiger charge is -2.34. The molecule has 1 fully saturated rings. The molecule has 3 rings (SSSR count). The summed E-state index contributed by atoms with van der Waals surface area (Å²) in [6.07, 6.45) is 6.00. The number of nitrogens with one attached hydrogen (secondary N) is 1. The lowest BCUT2D eigenvalue weighted by Crippen LogP contribution is -2.40. The molecule has 1 saturated carbocycles. The maximum absolute atomic E-state index is 6.29. The number of likely N-dealkylation sites (N-methyl/N-ethyl adjacent to an activating group) is 1. The number of benzene rings is 1. The van der Waals surface area contributed by atoms with Gasteiger partial charge in [-0.25, -0.2) is 0 Å². The van der Waals surface area contributed by atoms with Crippen LogP contribution in [0.5, 0.6) is 5.75 Å². The molecule has 1 aliphatic heterocycles. The molecule has 0 spiro atoms. The largest absolute Gasteiger partial charge is 0.493 e. The molecule has 2 nitrogen and oxygen atoms in total. The Kier molecular flexibility index (Phi) is 4.20. The molecule has 2 atom stereocenters. The highest BCUT2D eigenvalue weighted by Crippen LogP contribution is 2.45. The molecule has 2 unspecified atom stereocenters. The standard InChI is InChI=1S/C18H26ClNO/c1-18(2)7-4-5-15(18)16(20-3)11-13-10-14(19)9-12-6-8-21-17(12)13/h9-10,15-16,20H,4-8,11H2,1-3H3. The fraction of sp³-hybridized carbons (Fsp3) is 0.667. The Balaban J connectivity index is 1.85. The molecule has 0 radical (unpaired) electrons. The van der Waals surface area contributed by atoms with Crippen molar-refractivity contribution in [2.75, 3.05) is 13.7 Å². The first-order valence-electron chi connectivity index (χ1n) is 8.12. The van der Waals surface area contributed by atoms with Crippen molar-refractivity contribution < 1.29 is 4.74 Å². The first kappa shape index (κ1) is 15.2. The topological polar surface area (TPSA) is 21.3 Å². The summed E-state index contributed by atoms with van der Waals surface area (Å²) < 4.78 is 5.86. The first-order chi connectivity index (χ1) is 10.0. The van der Waals surface area contributed by atoms with Crippen LogP contribution in [0, 0.1) is 11.3 Å². The fourth-order valence-corrected chi connectivity index (χ4v) is 4.54. The lowest BCUT2D eigenvalue weighted by molar-refractivity contribution is 0.200. The van der Waals surface area contributed by atoms with Crippen LogP contribution >= 0.6 is 11.6 Å². The number of hydrogen-bond donors (Lipinski definition) is 1. The van der Waals surface area contributed by atoms with Crippen LogP contribution in [0.25, 0.3) is 0 Å². The van der Waals surface area contributed by atoms with Crippen molar-refractivity contribution in [3.8, 4) is 5.75 Å². The van der Waals surface area contributed by atoms with E-state index in [1.807, 2.05) is 0 Å². The van der Waals surface area contributed by atoms with Gasteiger partial charge in [-0.05, 0) is 60.9 Å². The van der Waals surface area contributed by atoms with E-state index in [2.05, 4.69) is 38.3 Å². The van der Waals surface area contributed by atoms with E-state index in [1.165, 1.54) is 30.4 Å². The van der Waals surface area contributed by atoms with Crippen LogP contribution in [0.4, 0.5) is 0 Å². The van der Waals surface area contributed by atoms with Gasteiger partial charge in [0, 0.05) is 17.5 Å². The van der Waals surface area contributed by atoms with Gasteiger partial charge in [-0.3, -0.25) is 0 Å². The number of halogens is 1. The second-order valence-corrected chi connectivity index (χ2v) is 7.67. The monoisotopic (exact) mass is 307 g/mol. The third kappa shape index (κ3) is 2.93. The van der Waals surface area contributed by atoms with Crippen LogP contribution in [-0.2, 0) is 12.8 Å². The van der Waals surface area contributed by atoms with Crippen LogP contribution in [-0.4, -0.2) is 19.7 Å². The first-order valence-corrected chi connectivity index (χ1v) is 8.50. The van der Waals surface area contributed by atoms with Gasteiger partial charge in [-0.2, -0.15) is 0 Å². The van der Waals surface area contributed by atoms with Crippen LogP contribution < -0.4 is 10.1 Å². The predicted octanol–water partition coefficient (Wildman–Crippen LogP) is 4.23. The molecule has 1 heterocycles. The molecule has 0 amide bonds. The van der Waals surface area contributed by atoms with E-state index in [4.69, 9.17) is 16.3 Å². The van der Waals surface area contributed by atoms with E-state index in [0.717, 1.165) is 36.1 Å². The number of ether oxygens (including phenoxy) is 1. The van der Waals surface area contributed by atoms with Crippen LogP contribution in [0.3, 0.4) is 0 Å². The number of rotatable bonds is 4. The Labute approximate surface area is 133 Å². The zero-order valence-electron chi connectivity index (χ0n) is 13.3. The zero-order valence-corrected chi connectivity index (χ0v) is 14.1. The highest BCUT2D eigenvalue weighted by atomic mass is 35.5. The van der Waals surface area contributed by atoms with E-state index < -0.39 is 0 Å². The summed E-state index contributed by atoms with van der Waals surface area (Å²) in [6, 6.07) is 4.65. The molecule has 116 valence electrons. The van der Waals surface area contributed by atoms with Gasteiger partial charge in [0.05, 0.1) is 6.61 Å². The SMILES string of the molecule is CNC(Cc1cc(Cl)cc2c1OCC2)C1CCCC1(C)C. The van der Waals surface area contributed by atoms with Gasteiger partial charge in [0.15, 0.2) is 0 Å². The highest BCUT2D eigenvalue weighted by Gasteiger charge is 2.39. The zero-order chi connectivity index (χ0) is 15.0. The summed E-state index contributed by atoms with van der Waals surface area (Å²) in [5, 5.41) is 4.40. The molecular formula is C18H26ClNO. The van der Waals surface area contributed by atoms with Gasteiger partial charge in [0.25, 0.3) is 0 Å². The predicted molar refractivity (Wildman–Crippen MR) is 88.3 cm³/mol. The number of fused-ring (bicyclic) bond motifs is 1. The summed E-state index contributed by atoms with van der Waals surface area (Å²) in [6.45, 7) is 5.61. The van der Waals surface area contributed by atoms with Crippen molar-refractivity contribution in [3.63, 3.8) is 0 Å². The van der Waals surface area contributed by atoms with Crippen LogP contribution in [0.15, 0.2) is 12.1 Å². The molecule has 0 bridgehead atoms. The van der Waals surface area contributed by atoms with E-state index in [0.29, 0.717) is 11.5 Å². The van der Waals surface area contributed by atoms with Gasteiger partial charge >= 0.3 is 0 Å². The van der Waals surface area contributed by atoms with E-state index in [9.17, 15) is 0 Å². The van der Waals surface area contributed by atoms with Crippen molar-refractivity contribution >= 4 is 11.6 Å². The molecule has 21 heavy (non-hydrogen) atoms. The Bertz CT molecular complexity index is 526. The minimum atomic E-state index is 0.427. The van der Waals surface area contributed by atoms with Gasteiger partial charge in [-0.15, -0.1) is 0 Å². The van der Waals surface area contributed by atoms with Gasteiger partial charge in [0.1, 0.15) is 5.75 Å². The van der Waals surface area contributed by atoms with Crippen molar-refractivity contribution in [1.29, 1.82) is 0 Å². The maximum atomic E-state index is 6.29. The molecule has 0 saturated heterocycles. The van der Waals surface area contributed by atoms with E-state index >= 15 is 0 Å². The summed E-state index contributed by atoms with van der Waals surface area (Å²) >= 11 is 6.29. The minimum absolute atomic E-state index is 0.427. The molecule has 1 aliphatic carbocycles. The lowest BCUT2D eigenvalue weighted by atomic mass is 9.76. The van der Waals surface area contributed by atoms with Crippen molar-refractivity contribution in [3.05, 3.63) is 28.3 Å². The quantitative estimate of drug-likeness (QED) is 0.898. The molecule has 1 N–H and O–H groups in total. The van der Waals surface area contributed by atoms with Gasteiger partial charge < -0.3 is 10.1 Å². The summed E-state index contributed by atoms with van der Waals surface area (Å²) in [4.78, 5) is 0. The van der Waals surface area contributed by atoms with Gasteiger partial charge in [0.2, 0.25) is 0 Å². The second-order valence-electron chi connectivity index (χ2n) is 7.24. The van der Waals surface area contributed by atoms with Crippen LogP contribution in [0.1, 0.15) is 44.2 Å². The van der Waals surface area contributed by atoms with E-state index in [1.54, 1.807) is 0 Å². The summed E-state index contributed by atoms with van der Waals surface area (Å²) in [7, 11) is 2.09. The Hall–Kier alpha value is -0.730. The third-order valence-electron chi connectivity index (χ3n) is 5.46. The molecular weight excluding hydrogens is 282 g/mol. The molecule has 1 aromatic rings. The molecule has 2 aliphatic rings. The maximum Gasteiger partial charge on any atom is 0.125 e. The molecule has 3 heteroatoms. The molecule has 1 aromatic carbocycles. The van der Waals surface area contributed by atoms with Crippen molar-refractivity contribution in [2.24, 2.45) is 11.3 Å². The second kappa shape index (κ2) is 5.81. The highest BCUT2D eigenvalue weighted by molar-refractivity contribution is 6.30. The average molecular weight is 308 g/mol. The smallest absolute Gasteiger partial charge is 0.125 e. The normalized spacial score (nSPS) is 24.7. The Morgan fingerprint density at radius 3 is 2.90 bits per heavy atom. The minimum Gasteiger partial charge on any atom is -0.493 e. The Morgan fingerprint density at radius 1 is 1.43 bits per heavy atom. The summed E-state index contributed by atoms with van der Waals surface area (Å²) in [5.74, 6) is 1.81. The number of hydrogen-bond acceptors (Lipinski definition) is 2. The van der Waals surface area contributed by atoms with Crippen molar-refractivity contribution in [1.82, 2.24) is 5.32 Å². The Morgan fingerprint density at radius 2 is 2.24 bits per heavy atom. The third-order valence-corrected chi connectivity index (χ3v) is 5.68. The summed E-state index contributed by atoms with van der Waals surface area (Å²) in [5.41, 5.74) is 2.98. The van der Waals surface area contributed by atoms with Gasteiger partial charge in [-0.1, -0.05) is 31.9 Å². The van der Waals surface area contributed by atoms with E-state index in [-0.39, 0.29) is 0 Å². The fourth-order valence-electron chi connectivity index (χ4n) is 4.28. The van der Waals surface area contributed by atoms with Crippen LogP contribution in [0.2, 0.25) is 5.02 Å². The average Bonchev–Trinajstić information content (AvgIpc) is 3.01. The molecule has 0 aromatic heterocycles. The van der Waals surface area contributed by atoms with Crippen molar-refractivity contribution in [2.45, 2.75) is 52.0 Å².